The zero-order valence-corrected chi connectivity index (χ0v) is 13.4. The second-order valence-corrected chi connectivity index (χ2v) is 7.25. The molecule has 1 heterocycles. The fourth-order valence-corrected chi connectivity index (χ4v) is 3.50. The van der Waals surface area contributed by atoms with Crippen molar-refractivity contribution >= 4 is 43.5 Å². The number of pyridine rings is 1. The van der Waals surface area contributed by atoms with E-state index in [0.717, 1.165) is 0 Å². The molecule has 1 rings (SSSR count). The first-order valence-corrected chi connectivity index (χ1v) is 8.45. The Morgan fingerprint density at radius 3 is 2.65 bits per heavy atom. The fourth-order valence-electron chi connectivity index (χ4n) is 1.23. The highest BCUT2D eigenvalue weighted by molar-refractivity contribution is 9.10. The molecule has 20 heavy (non-hydrogen) atoms. The van der Waals surface area contributed by atoms with Crippen LogP contribution < -0.4 is 10.0 Å². The highest BCUT2D eigenvalue weighted by atomic mass is 79.9. The van der Waals surface area contributed by atoms with Gasteiger partial charge in [-0.25, -0.2) is 18.1 Å². The highest BCUT2D eigenvalue weighted by Gasteiger charge is 2.28. The quantitative estimate of drug-likeness (QED) is 0.726. The molecule has 0 saturated carbocycles. The largest absolute Gasteiger partial charge is 0.441 e. The molecule has 0 saturated heterocycles. The van der Waals surface area contributed by atoms with E-state index in [9.17, 15) is 21.6 Å². The second kappa shape index (κ2) is 6.96. The van der Waals surface area contributed by atoms with Crippen molar-refractivity contribution in [1.82, 2.24) is 9.71 Å². The van der Waals surface area contributed by atoms with E-state index in [1.165, 1.54) is 19.3 Å². The molecule has 0 spiro atoms. The molecule has 0 aliphatic heterocycles. The molecule has 2 N–H and O–H groups in total. The van der Waals surface area contributed by atoms with Crippen molar-refractivity contribution in [2.24, 2.45) is 0 Å². The van der Waals surface area contributed by atoms with E-state index >= 15 is 0 Å². The predicted octanol–water partition coefficient (Wildman–Crippen LogP) is 2.42. The van der Waals surface area contributed by atoms with Gasteiger partial charge in [-0.15, -0.1) is 0 Å². The maximum Gasteiger partial charge on any atom is 0.441 e. The molecule has 1 aromatic heterocycles. The van der Waals surface area contributed by atoms with E-state index in [0.29, 0.717) is 4.47 Å². The Balaban J connectivity index is 2.77. The number of nitrogens with one attached hydrogen (secondary N) is 2. The second-order valence-electron chi connectivity index (χ2n) is 3.44. The minimum absolute atomic E-state index is 0.115. The summed E-state index contributed by atoms with van der Waals surface area (Å²) >= 11 is 2.81. The van der Waals surface area contributed by atoms with Crippen LogP contribution >= 0.6 is 27.7 Å². The Kier molecular flexibility index (Phi) is 6.10. The molecule has 1 aromatic rings. The van der Waals surface area contributed by atoms with Gasteiger partial charge in [0.05, 0.1) is 0 Å². The molecular formula is C9H11BrF3N3O2S2. The lowest BCUT2D eigenvalue weighted by Gasteiger charge is -2.11. The van der Waals surface area contributed by atoms with Gasteiger partial charge in [-0.05, 0) is 33.8 Å². The molecule has 0 aromatic carbocycles. The molecule has 0 unspecified atom stereocenters. The summed E-state index contributed by atoms with van der Waals surface area (Å²) in [6, 6.07) is 1.32. The first kappa shape index (κ1) is 17.5. The van der Waals surface area contributed by atoms with Gasteiger partial charge in [-0.2, -0.15) is 13.2 Å². The average molecular weight is 394 g/mol. The highest BCUT2D eigenvalue weighted by Crippen LogP contribution is 2.29. The molecule has 0 bridgehead atoms. The summed E-state index contributed by atoms with van der Waals surface area (Å²) in [5, 5.41) is 2.61. The van der Waals surface area contributed by atoms with Crippen molar-refractivity contribution in [3.63, 3.8) is 0 Å². The Hall–Kier alpha value is -0.520. The third-order valence-corrected chi connectivity index (χ3v) is 4.65. The predicted molar refractivity (Wildman–Crippen MR) is 75.2 cm³/mol. The number of hydrogen-bond acceptors (Lipinski definition) is 5. The number of halogens is 4. The average Bonchev–Trinajstić information content (AvgIpc) is 2.33. The summed E-state index contributed by atoms with van der Waals surface area (Å²) in [6.45, 7) is -0.331. The van der Waals surface area contributed by atoms with Crippen LogP contribution in [0, 0.1) is 0 Å². The molecule has 0 fully saturated rings. The van der Waals surface area contributed by atoms with Crippen molar-refractivity contribution < 1.29 is 21.6 Å². The summed E-state index contributed by atoms with van der Waals surface area (Å²) in [5.41, 5.74) is -4.38. The number of rotatable bonds is 6. The standard InChI is InChI=1S/C9H11BrF3N3O2S2/c1-14-8-7(4-6(10)5-15-8)20(17,18)16-2-3-19-9(11,12)13/h4-5,16H,2-3H2,1H3,(H,14,15). The normalized spacial score (nSPS) is 12.4. The van der Waals surface area contributed by atoms with E-state index in [-0.39, 0.29) is 29.0 Å². The number of aromatic nitrogens is 1. The van der Waals surface area contributed by atoms with E-state index in [2.05, 4.69) is 31.0 Å². The van der Waals surface area contributed by atoms with Gasteiger partial charge in [-0.1, -0.05) is 0 Å². The molecule has 0 aliphatic carbocycles. The van der Waals surface area contributed by atoms with Gasteiger partial charge < -0.3 is 5.32 Å². The minimum Gasteiger partial charge on any atom is -0.372 e. The summed E-state index contributed by atoms with van der Waals surface area (Å²) in [5.74, 6) is -0.289. The van der Waals surface area contributed by atoms with Crippen LogP contribution in [0.4, 0.5) is 19.0 Å². The molecule has 0 amide bonds. The lowest BCUT2D eigenvalue weighted by atomic mass is 10.4. The number of nitrogens with zero attached hydrogens (tertiary/aromatic N) is 1. The van der Waals surface area contributed by atoms with E-state index in [1.54, 1.807) is 0 Å². The monoisotopic (exact) mass is 393 g/mol. The van der Waals surface area contributed by atoms with Crippen LogP contribution in [-0.2, 0) is 10.0 Å². The third-order valence-electron chi connectivity index (χ3n) is 2.01. The van der Waals surface area contributed by atoms with Gasteiger partial charge in [0.15, 0.2) is 0 Å². The lowest BCUT2D eigenvalue weighted by Crippen LogP contribution is -2.27. The van der Waals surface area contributed by atoms with E-state index < -0.39 is 21.3 Å². The summed E-state index contributed by atoms with van der Waals surface area (Å²) in [4.78, 5) is 3.74. The zero-order chi connectivity index (χ0) is 15.4. The number of hydrogen-bond donors (Lipinski definition) is 2. The minimum atomic E-state index is -4.38. The molecule has 11 heteroatoms. The Morgan fingerprint density at radius 2 is 2.10 bits per heavy atom. The van der Waals surface area contributed by atoms with Gasteiger partial charge in [0.2, 0.25) is 10.0 Å². The Bertz CT molecular complexity index is 566. The van der Waals surface area contributed by atoms with Gasteiger partial charge >= 0.3 is 5.51 Å². The molecular weight excluding hydrogens is 383 g/mol. The van der Waals surface area contributed by atoms with Crippen molar-refractivity contribution in [3.8, 4) is 0 Å². The van der Waals surface area contributed by atoms with E-state index in [1.807, 2.05) is 0 Å². The third kappa shape index (κ3) is 5.46. The van der Waals surface area contributed by atoms with Crippen LogP contribution in [0.3, 0.4) is 0 Å². The zero-order valence-electron chi connectivity index (χ0n) is 10.2. The van der Waals surface area contributed by atoms with E-state index in [4.69, 9.17) is 0 Å². The van der Waals surface area contributed by atoms with Crippen molar-refractivity contribution in [3.05, 3.63) is 16.7 Å². The number of alkyl halides is 3. The van der Waals surface area contributed by atoms with Crippen molar-refractivity contribution in [2.45, 2.75) is 10.4 Å². The van der Waals surface area contributed by atoms with Gasteiger partial charge in [0, 0.05) is 30.0 Å². The number of sulfonamides is 1. The number of thioether (sulfide) groups is 1. The van der Waals surface area contributed by atoms with Crippen LogP contribution in [0.15, 0.2) is 21.6 Å². The first-order valence-electron chi connectivity index (χ1n) is 5.19. The van der Waals surface area contributed by atoms with Gasteiger partial charge in [-0.3, -0.25) is 0 Å². The summed E-state index contributed by atoms with van der Waals surface area (Å²) in [6.07, 6.45) is 1.41. The molecule has 0 radical (unpaired) electrons. The fraction of sp³-hybridized carbons (Fsp3) is 0.444. The Labute approximate surface area is 126 Å². The smallest absolute Gasteiger partial charge is 0.372 e. The van der Waals surface area contributed by atoms with Crippen LogP contribution in [0.2, 0.25) is 0 Å². The maximum absolute atomic E-state index is 12.0. The maximum atomic E-state index is 12.0. The molecule has 0 atom stereocenters. The van der Waals surface area contributed by atoms with Crippen LogP contribution in [-0.4, -0.2) is 38.3 Å². The van der Waals surface area contributed by atoms with Gasteiger partial charge in [0.1, 0.15) is 10.7 Å². The SMILES string of the molecule is CNc1ncc(Br)cc1S(=O)(=O)NCCSC(F)(F)F. The molecule has 0 aliphatic rings. The Morgan fingerprint density at radius 1 is 1.45 bits per heavy atom. The topological polar surface area (TPSA) is 71.1 Å². The van der Waals surface area contributed by atoms with Crippen molar-refractivity contribution in [1.29, 1.82) is 0 Å². The summed E-state index contributed by atoms with van der Waals surface area (Å²) < 4.78 is 62.3. The molecule has 114 valence electrons. The first-order chi connectivity index (χ1) is 9.15. The van der Waals surface area contributed by atoms with Gasteiger partial charge in [0.25, 0.3) is 0 Å². The van der Waals surface area contributed by atoms with Crippen LogP contribution in [0.1, 0.15) is 0 Å². The van der Waals surface area contributed by atoms with Crippen molar-refractivity contribution in [2.75, 3.05) is 24.7 Å². The van der Waals surface area contributed by atoms with Crippen LogP contribution in [0.25, 0.3) is 0 Å². The lowest BCUT2D eigenvalue weighted by molar-refractivity contribution is -0.0327. The van der Waals surface area contributed by atoms with Crippen LogP contribution in [0.5, 0.6) is 0 Å². The molecule has 5 nitrogen and oxygen atoms in total. The summed E-state index contributed by atoms with van der Waals surface area (Å²) in [7, 11) is -2.43. The number of anilines is 1.